The number of aryl methyl sites for hydroxylation is 1. The number of nitrogens with zero attached hydrogens (tertiary/aromatic N) is 3. The number of benzene rings is 1. The van der Waals surface area contributed by atoms with E-state index in [1.165, 1.54) is 16.5 Å². The number of morpholine rings is 1. The van der Waals surface area contributed by atoms with Crippen LogP contribution in [0.25, 0.3) is 10.9 Å². The van der Waals surface area contributed by atoms with Gasteiger partial charge in [-0.2, -0.15) is 0 Å². The second kappa shape index (κ2) is 6.10. The van der Waals surface area contributed by atoms with E-state index in [4.69, 9.17) is 4.74 Å². The first-order chi connectivity index (χ1) is 11.3. The summed E-state index contributed by atoms with van der Waals surface area (Å²) in [6, 6.07) is 10.5. The normalized spacial score (nSPS) is 19.3. The lowest BCUT2D eigenvalue weighted by atomic mass is 10.1. The number of H-pyrrole nitrogens is 1. The third kappa shape index (κ3) is 2.98. The Bertz CT molecular complexity index is 813. The van der Waals surface area contributed by atoms with Crippen molar-refractivity contribution in [3.05, 3.63) is 59.8 Å². The minimum atomic E-state index is 0.0240. The summed E-state index contributed by atoms with van der Waals surface area (Å²) in [5.41, 5.74) is 3.52. The number of hydrogen-bond donors (Lipinski definition) is 1. The molecule has 2 aromatic heterocycles. The van der Waals surface area contributed by atoms with Crippen molar-refractivity contribution in [2.75, 3.05) is 19.7 Å². The highest BCUT2D eigenvalue weighted by Crippen LogP contribution is 2.24. The summed E-state index contributed by atoms with van der Waals surface area (Å²) in [7, 11) is 0. The van der Waals surface area contributed by atoms with Gasteiger partial charge in [0.25, 0.3) is 0 Å². The third-order valence-electron chi connectivity index (χ3n) is 4.36. The van der Waals surface area contributed by atoms with Gasteiger partial charge in [-0.25, -0.2) is 9.97 Å². The van der Waals surface area contributed by atoms with Crippen LogP contribution in [0.2, 0.25) is 0 Å². The van der Waals surface area contributed by atoms with Gasteiger partial charge in [-0.05, 0) is 30.7 Å². The molecule has 3 heterocycles. The van der Waals surface area contributed by atoms with Gasteiger partial charge in [0.15, 0.2) is 0 Å². The molecule has 0 bridgehead atoms. The maximum absolute atomic E-state index is 5.92. The monoisotopic (exact) mass is 308 g/mol. The molecule has 0 saturated carbocycles. The van der Waals surface area contributed by atoms with Crippen LogP contribution in [0.5, 0.6) is 0 Å². The lowest BCUT2D eigenvalue weighted by molar-refractivity contribution is -0.0350. The summed E-state index contributed by atoms with van der Waals surface area (Å²) in [6.45, 7) is 5.38. The first kappa shape index (κ1) is 14.4. The van der Waals surface area contributed by atoms with Crippen molar-refractivity contribution in [1.29, 1.82) is 0 Å². The molecule has 1 aliphatic rings. The SMILES string of the molecule is Cc1nccc([C@@H]2CN(Cc3cccc4[nH]ccc34)CCO2)n1. The molecule has 0 unspecified atom stereocenters. The number of aromatic nitrogens is 3. The fourth-order valence-corrected chi connectivity index (χ4v) is 3.21. The molecule has 0 radical (unpaired) electrons. The average molecular weight is 308 g/mol. The lowest BCUT2D eigenvalue weighted by Gasteiger charge is -2.32. The van der Waals surface area contributed by atoms with E-state index < -0.39 is 0 Å². The number of hydrogen-bond acceptors (Lipinski definition) is 4. The highest BCUT2D eigenvalue weighted by molar-refractivity contribution is 5.82. The van der Waals surface area contributed by atoms with Crippen molar-refractivity contribution in [2.24, 2.45) is 0 Å². The van der Waals surface area contributed by atoms with Crippen molar-refractivity contribution in [2.45, 2.75) is 19.6 Å². The predicted octanol–water partition coefficient (Wildman–Crippen LogP) is 2.84. The minimum absolute atomic E-state index is 0.0240. The predicted molar refractivity (Wildman–Crippen MR) is 89.0 cm³/mol. The molecule has 118 valence electrons. The van der Waals surface area contributed by atoms with Gasteiger partial charge in [0.05, 0.1) is 12.3 Å². The lowest BCUT2D eigenvalue weighted by Crippen LogP contribution is -2.38. The van der Waals surface area contributed by atoms with Crippen molar-refractivity contribution in [3.8, 4) is 0 Å². The van der Waals surface area contributed by atoms with Crippen LogP contribution in [0.3, 0.4) is 0 Å². The number of fused-ring (bicyclic) bond motifs is 1. The summed E-state index contributed by atoms with van der Waals surface area (Å²) < 4.78 is 5.92. The largest absolute Gasteiger partial charge is 0.369 e. The maximum atomic E-state index is 5.92. The number of nitrogens with one attached hydrogen (secondary N) is 1. The molecule has 4 rings (SSSR count). The van der Waals surface area contributed by atoms with E-state index in [2.05, 4.69) is 44.1 Å². The molecule has 1 fully saturated rings. The van der Waals surface area contributed by atoms with Crippen LogP contribution in [0.4, 0.5) is 0 Å². The van der Waals surface area contributed by atoms with Crippen LogP contribution >= 0.6 is 0 Å². The molecule has 1 N–H and O–H groups in total. The first-order valence-corrected chi connectivity index (χ1v) is 7.98. The molecule has 0 spiro atoms. The molecule has 1 aliphatic heterocycles. The zero-order valence-electron chi connectivity index (χ0n) is 13.2. The van der Waals surface area contributed by atoms with Crippen LogP contribution in [0.1, 0.15) is 23.2 Å². The Labute approximate surface area is 135 Å². The third-order valence-corrected chi connectivity index (χ3v) is 4.36. The Morgan fingerprint density at radius 1 is 1.30 bits per heavy atom. The topological polar surface area (TPSA) is 54.0 Å². The van der Waals surface area contributed by atoms with Crippen LogP contribution in [-0.2, 0) is 11.3 Å². The summed E-state index contributed by atoms with van der Waals surface area (Å²) >= 11 is 0. The smallest absolute Gasteiger partial charge is 0.125 e. The highest BCUT2D eigenvalue weighted by Gasteiger charge is 2.23. The van der Waals surface area contributed by atoms with Gasteiger partial charge in [0, 0.05) is 42.9 Å². The Balaban J connectivity index is 1.52. The number of rotatable bonds is 3. The molecule has 23 heavy (non-hydrogen) atoms. The maximum Gasteiger partial charge on any atom is 0.125 e. The highest BCUT2D eigenvalue weighted by atomic mass is 16.5. The molecule has 5 heteroatoms. The molecule has 1 aromatic carbocycles. The van der Waals surface area contributed by atoms with Gasteiger partial charge in [0.2, 0.25) is 0 Å². The van der Waals surface area contributed by atoms with Crippen LogP contribution < -0.4 is 0 Å². The van der Waals surface area contributed by atoms with E-state index in [0.29, 0.717) is 0 Å². The number of ether oxygens (including phenoxy) is 1. The van der Waals surface area contributed by atoms with Gasteiger partial charge in [0.1, 0.15) is 11.9 Å². The van der Waals surface area contributed by atoms with E-state index in [0.717, 1.165) is 37.8 Å². The van der Waals surface area contributed by atoms with E-state index in [1.807, 2.05) is 19.2 Å². The van der Waals surface area contributed by atoms with Gasteiger partial charge >= 0.3 is 0 Å². The molecule has 3 aromatic rings. The Morgan fingerprint density at radius 3 is 3.17 bits per heavy atom. The van der Waals surface area contributed by atoms with Crippen molar-refractivity contribution in [3.63, 3.8) is 0 Å². The van der Waals surface area contributed by atoms with Crippen LogP contribution in [-0.4, -0.2) is 39.5 Å². The van der Waals surface area contributed by atoms with Crippen molar-refractivity contribution >= 4 is 10.9 Å². The zero-order valence-corrected chi connectivity index (χ0v) is 13.2. The first-order valence-electron chi connectivity index (χ1n) is 7.98. The fraction of sp³-hybridized carbons (Fsp3) is 0.333. The Hall–Kier alpha value is -2.24. The van der Waals surface area contributed by atoms with Crippen LogP contribution in [0, 0.1) is 6.92 Å². The van der Waals surface area contributed by atoms with Crippen LogP contribution in [0.15, 0.2) is 42.7 Å². The van der Waals surface area contributed by atoms with E-state index in [1.54, 1.807) is 6.20 Å². The summed E-state index contributed by atoms with van der Waals surface area (Å²) in [5.74, 6) is 0.792. The molecular weight excluding hydrogens is 288 g/mol. The Morgan fingerprint density at radius 2 is 2.26 bits per heavy atom. The minimum Gasteiger partial charge on any atom is -0.369 e. The Kier molecular flexibility index (Phi) is 3.81. The van der Waals surface area contributed by atoms with Gasteiger partial charge in [-0.15, -0.1) is 0 Å². The standard InChI is InChI=1S/C18H20N4O/c1-13-19-8-6-17(21-13)18-12-22(9-10-23-18)11-14-3-2-4-16-15(14)5-7-20-16/h2-8,18,20H,9-12H2,1H3/t18-/m0/s1. The molecule has 1 atom stereocenters. The fourth-order valence-electron chi connectivity index (χ4n) is 3.21. The second-order valence-corrected chi connectivity index (χ2v) is 5.98. The molecule has 0 aliphatic carbocycles. The van der Waals surface area contributed by atoms with E-state index in [9.17, 15) is 0 Å². The average Bonchev–Trinajstić information content (AvgIpc) is 3.05. The summed E-state index contributed by atoms with van der Waals surface area (Å²) in [4.78, 5) is 14.4. The second-order valence-electron chi connectivity index (χ2n) is 5.98. The van der Waals surface area contributed by atoms with Gasteiger partial charge in [-0.3, -0.25) is 4.90 Å². The van der Waals surface area contributed by atoms with E-state index >= 15 is 0 Å². The number of aromatic amines is 1. The molecular formula is C18H20N4O. The van der Waals surface area contributed by atoms with Crippen molar-refractivity contribution in [1.82, 2.24) is 19.9 Å². The summed E-state index contributed by atoms with van der Waals surface area (Å²) in [6.07, 6.45) is 3.83. The van der Waals surface area contributed by atoms with E-state index in [-0.39, 0.29) is 6.10 Å². The molecule has 1 saturated heterocycles. The quantitative estimate of drug-likeness (QED) is 0.808. The summed E-state index contributed by atoms with van der Waals surface area (Å²) in [5, 5.41) is 1.30. The van der Waals surface area contributed by atoms with Gasteiger partial charge < -0.3 is 9.72 Å². The van der Waals surface area contributed by atoms with Crippen molar-refractivity contribution < 1.29 is 4.74 Å². The molecule has 5 nitrogen and oxygen atoms in total. The molecule has 0 amide bonds. The zero-order chi connectivity index (χ0) is 15.6. The van der Waals surface area contributed by atoms with Gasteiger partial charge in [-0.1, -0.05) is 12.1 Å².